The number of nitrogens with zero attached hydrogens (tertiary/aromatic N) is 3. The Balaban J connectivity index is 1.69. The number of carbonyl (C=O) groups excluding carboxylic acids is 3. The number of thiazole rings is 1. The van der Waals surface area contributed by atoms with Gasteiger partial charge in [0.05, 0.1) is 5.51 Å². The Morgan fingerprint density at radius 2 is 2.12 bits per heavy atom. The van der Waals surface area contributed by atoms with Gasteiger partial charge in [-0.1, -0.05) is 5.16 Å². The number of hydrogen-bond acceptors (Lipinski definition) is 10. The van der Waals surface area contributed by atoms with Crippen molar-refractivity contribution in [2.75, 3.05) is 25.4 Å². The van der Waals surface area contributed by atoms with Gasteiger partial charge in [0.2, 0.25) is 18.4 Å². The summed E-state index contributed by atoms with van der Waals surface area (Å²) in [6.45, 7) is 0.275. The number of carboxylic acid groups (broad SMARTS) is 2. The van der Waals surface area contributed by atoms with Crippen molar-refractivity contribution >= 4 is 58.5 Å². The van der Waals surface area contributed by atoms with E-state index in [4.69, 9.17) is 5.11 Å². The molecule has 3 amide bonds. The predicted molar refractivity (Wildman–Crippen MR) is 111 cm³/mol. The lowest BCUT2D eigenvalue weighted by molar-refractivity contribution is -0.158. The molecule has 0 spiro atoms. The first-order valence-electron chi connectivity index (χ1n) is 9.16. The minimum absolute atomic E-state index is 0.111. The first kappa shape index (κ1) is 23.5. The first-order chi connectivity index (χ1) is 15.1. The predicted octanol–water partition coefficient (Wildman–Crippen LogP) is -1.44. The molecule has 32 heavy (non-hydrogen) atoms. The van der Waals surface area contributed by atoms with Gasteiger partial charge in [-0.25, -0.2) is 9.78 Å². The number of fused-ring (bicyclic) bond motifs is 1. The van der Waals surface area contributed by atoms with Gasteiger partial charge in [-0.05, 0) is 0 Å². The second kappa shape index (κ2) is 9.52. The number of rotatable bonds is 9. The molecule has 0 bridgehead atoms. The zero-order chi connectivity index (χ0) is 23.5. The maximum atomic E-state index is 12.7. The third-order valence-corrected chi connectivity index (χ3v) is 6.97. The summed E-state index contributed by atoms with van der Waals surface area (Å²) in [5.74, 6) is -3.93. The number of aromatic nitrogens is 1. The number of nitrogens with one attached hydrogen (secondary N) is 2. The molecule has 3 atom stereocenters. The Hall–Kier alpha value is -3.20. The van der Waals surface area contributed by atoms with Crippen LogP contribution in [0.15, 0.2) is 16.0 Å². The Labute approximate surface area is 189 Å². The lowest BCUT2D eigenvalue weighted by atomic mass is 9.87. The minimum Gasteiger partial charge on any atom is -0.481 e. The molecule has 2 aliphatic heterocycles. The van der Waals surface area contributed by atoms with Crippen LogP contribution >= 0.6 is 23.1 Å². The van der Waals surface area contributed by atoms with Gasteiger partial charge >= 0.3 is 11.9 Å². The van der Waals surface area contributed by atoms with Gasteiger partial charge in [0.1, 0.15) is 22.5 Å². The number of aliphatic carboxylic acids is 2. The SMILES string of the molecule is CC(=O)NCC1(C(=O)O)CS[C@@H]2C(NC(=O)C(=NOCC(=O)O)c3cscn3)C(=O)N2C1. The summed E-state index contributed by atoms with van der Waals surface area (Å²) in [5.41, 5.74) is -0.0264. The minimum atomic E-state index is -1.34. The largest absolute Gasteiger partial charge is 0.481 e. The van der Waals surface area contributed by atoms with Crippen molar-refractivity contribution < 1.29 is 39.0 Å². The maximum absolute atomic E-state index is 12.7. The average Bonchev–Trinajstić information content (AvgIpc) is 3.27. The Kier molecular flexibility index (Phi) is 6.98. The second-order valence-electron chi connectivity index (χ2n) is 7.09. The standard InChI is InChI=1S/C17H19N5O8S2/c1-8(23)18-4-17(16(28)29)5-22-14(27)12(15(22)32-6-17)20-13(26)11(9-3-31-7-19-9)21-30-2-10(24)25/h3,7,12,15H,2,4-6H2,1H3,(H,18,23)(H,20,26)(H,24,25)(H,28,29)/t12?,15-,17?/m1/s1. The Morgan fingerprint density at radius 3 is 2.72 bits per heavy atom. The van der Waals surface area contributed by atoms with Crippen LogP contribution in [0.2, 0.25) is 0 Å². The molecule has 0 aromatic carbocycles. The van der Waals surface area contributed by atoms with E-state index in [1.807, 2.05) is 0 Å². The zero-order valence-electron chi connectivity index (χ0n) is 16.6. The molecular formula is C17H19N5O8S2. The lowest BCUT2D eigenvalue weighted by Gasteiger charge is -2.53. The van der Waals surface area contributed by atoms with Crippen molar-refractivity contribution in [3.05, 3.63) is 16.6 Å². The van der Waals surface area contributed by atoms with Crippen molar-refractivity contribution in [3.63, 3.8) is 0 Å². The molecule has 2 saturated heterocycles. The smallest absolute Gasteiger partial charge is 0.344 e. The van der Waals surface area contributed by atoms with Crippen LogP contribution in [0.5, 0.6) is 0 Å². The van der Waals surface area contributed by atoms with Gasteiger partial charge in [-0.2, -0.15) is 0 Å². The highest BCUT2D eigenvalue weighted by Gasteiger charge is 2.57. The summed E-state index contributed by atoms with van der Waals surface area (Å²) in [6, 6.07) is -0.927. The molecule has 3 rings (SSSR count). The van der Waals surface area contributed by atoms with Gasteiger partial charge in [0, 0.05) is 31.1 Å². The van der Waals surface area contributed by atoms with E-state index in [0.717, 1.165) is 0 Å². The maximum Gasteiger partial charge on any atom is 0.344 e. The van der Waals surface area contributed by atoms with E-state index >= 15 is 0 Å². The van der Waals surface area contributed by atoms with E-state index in [2.05, 4.69) is 25.6 Å². The number of amides is 3. The average molecular weight is 486 g/mol. The van der Waals surface area contributed by atoms with E-state index in [9.17, 15) is 29.1 Å². The van der Waals surface area contributed by atoms with Crippen LogP contribution in [0.25, 0.3) is 0 Å². The number of β-lactam (4-membered cyclic amide) rings is 1. The van der Waals surface area contributed by atoms with Gasteiger partial charge in [-0.15, -0.1) is 23.1 Å². The molecule has 0 saturated carbocycles. The zero-order valence-corrected chi connectivity index (χ0v) is 18.3. The number of oxime groups is 1. The molecule has 2 unspecified atom stereocenters. The van der Waals surface area contributed by atoms with E-state index in [1.54, 1.807) is 0 Å². The van der Waals surface area contributed by atoms with E-state index < -0.39 is 47.2 Å². The monoisotopic (exact) mass is 485 g/mol. The molecular weight excluding hydrogens is 466 g/mol. The molecule has 0 aliphatic carbocycles. The molecule has 172 valence electrons. The molecule has 1 aromatic heterocycles. The molecule has 0 radical (unpaired) electrons. The molecule has 15 heteroatoms. The van der Waals surface area contributed by atoms with E-state index in [1.165, 1.54) is 45.8 Å². The first-order valence-corrected chi connectivity index (χ1v) is 11.1. The fraction of sp³-hybridized carbons (Fsp3) is 0.471. The molecule has 13 nitrogen and oxygen atoms in total. The van der Waals surface area contributed by atoms with Gasteiger partial charge < -0.3 is 30.6 Å². The van der Waals surface area contributed by atoms with E-state index in [-0.39, 0.29) is 36.2 Å². The number of hydrogen-bond donors (Lipinski definition) is 4. The fourth-order valence-corrected chi connectivity index (χ4v) is 5.21. The van der Waals surface area contributed by atoms with E-state index in [0.29, 0.717) is 0 Å². The number of thioether (sulfide) groups is 1. The van der Waals surface area contributed by atoms with Crippen LogP contribution in [0.4, 0.5) is 0 Å². The number of carboxylic acids is 2. The van der Waals surface area contributed by atoms with Crippen LogP contribution in [-0.4, -0.2) is 92.3 Å². The van der Waals surface area contributed by atoms with Crippen LogP contribution in [0.3, 0.4) is 0 Å². The fourth-order valence-electron chi connectivity index (χ4n) is 3.13. The summed E-state index contributed by atoms with van der Waals surface area (Å²) in [7, 11) is 0. The summed E-state index contributed by atoms with van der Waals surface area (Å²) < 4.78 is 0. The third kappa shape index (κ3) is 4.83. The molecule has 4 N–H and O–H groups in total. The Morgan fingerprint density at radius 1 is 1.38 bits per heavy atom. The van der Waals surface area contributed by atoms with Gasteiger partial charge in [0.25, 0.3) is 5.91 Å². The van der Waals surface area contributed by atoms with Crippen molar-refractivity contribution in [3.8, 4) is 0 Å². The summed E-state index contributed by atoms with van der Waals surface area (Å²) in [6.07, 6.45) is 0. The normalized spacial score (nSPS) is 24.7. The van der Waals surface area contributed by atoms with Gasteiger partial charge in [0.15, 0.2) is 5.71 Å². The van der Waals surface area contributed by atoms with Crippen LogP contribution < -0.4 is 10.6 Å². The van der Waals surface area contributed by atoms with Crippen molar-refractivity contribution in [2.24, 2.45) is 10.6 Å². The topological polar surface area (TPSA) is 188 Å². The highest BCUT2D eigenvalue weighted by Crippen LogP contribution is 2.42. The highest BCUT2D eigenvalue weighted by molar-refractivity contribution is 8.00. The molecule has 2 aliphatic rings. The summed E-state index contributed by atoms with van der Waals surface area (Å²) in [5, 5.41) is 28.0. The quantitative estimate of drug-likeness (QED) is 0.183. The molecule has 3 heterocycles. The lowest BCUT2D eigenvalue weighted by Crippen LogP contribution is -2.74. The summed E-state index contributed by atoms with van der Waals surface area (Å²) in [4.78, 5) is 69.0. The summed E-state index contributed by atoms with van der Waals surface area (Å²) >= 11 is 2.36. The van der Waals surface area contributed by atoms with Crippen molar-refractivity contribution in [2.45, 2.75) is 18.3 Å². The highest BCUT2D eigenvalue weighted by atomic mass is 32.2. The second-order valence-corrected chi connectivity index (χ2v) is 8.92. The Bertz CT molecular complexity index is 968. The molecule has 1 aromatic rings. The third-order valence-electron chi connectivity index (χ3n) is 4.79. The van der Waals surface area contributed by atoms with Crippen molar-refractivity contribution in [1.29, 1.82) is 0 Å². The van der Waals surface area contributed by atoms with Crippen LogP contribution in [0.1, 0.15) is 12.6 Å². The van der Waals surface area contributed by atoms with Gasteiger partial charge in [-0.3, -0.25) is 19.2 Å². The van der Waals surface area contributed by atoms with Crippen molar-refractivity contribution in [1.82, 2.24) is 20.5 Å². The number of carbonyl (C=O) groups is 5. The van der Waals surface area contributed by atoms with Crippen LogP contribution in [0, 0.1) is 5.41 Å². The van der Waals surface area contributed by atoms with Crippen LogP contribution in [-0.2, 0) is 28.8 Å². The molecule has 2 fully saturated rings.